The zero-order chi connectivity index (χ0) is 18.1. The van der Waals surface area contributed by atoms with E-state index in [0.29, 0.717) is 17.2 Å². The van der Waals surface area contributed by atoms with E-state index in [2.05, 4.69) is 9.98 Å². The normalized spacial score (nSPS) is 16.0. The summed E-state index contributed by atoms with van der Waals surface area (Å²) in [6.45, 7) is 0.290. The molecule has 128 valence electrons. The highest BCUT2D eigenvalue weighted by Crippen LogP contribution is 2.27. The molecule has 1 amide bonds. The number of para-hydroxylation sites is 1. The van der Waals surface area contributed by atoms with E-state index in [4.69, 9.17) is 17.0 Å². The first-order valence-electron chi connectivity index (χ1n) is 8.09. The standard InChI is InChI=1S/C20H15N3O2S/c1-25-16-10-6-5-9-14(16)12-23-19(24)18-17(22-20(23)26)15(11-21-18)13-7-3-2-4-8-13/h2-11H,12H2,1H3. The molecule has 0 saturated heterocycles. The van der Waals surface area contributed by atoms with Crippen molar-refractivity contribution in [3.05, 3.63) is 71.9 Å². The Morgan fingerprint density at radius 3 is 2.54 bits per heavy atom. The molecule has 2 aromatic rings. The molecular weight excluding hydrogens is 346 g/mol. The van der Waals surface area contributed by atoms with Crippen LogP contribution in [0.1, 0.15) is 11.1 Å². The summed E-state index contributed by atoms with van der Waals surface area (Å²) in [5, 5.41) is 0.235. The number of nitrogens with zero attached hydrogens (tertiary/aromatic N) is 3. The Bertz CT molecular complexity index is 993. The second kappa shape index (κ2) is 6.65. The number of methoxy groups -OCH3 is 1. The number of aliphatic imine (C=N–C) groups is 2. The summed E-state index contributed by atoms with van der Waals surface area (Å²) in [7, 11) is 1.60. The van der Waals surface area contributed by atoms with Crippen molar-refractivity contribution in [2.45, 2.75) is 6.54 Å². The number of rotatable bonds is 4. The zero-order valence-corrected chi connectivity index (χ0v) is 14.9. The molecule has 0 aromatic heterocycles. The van der Waals surface area contributed by atoms with Crippen molar-refractivity contribution < 1.29 is 9.53 Å². The van der Waals surface area contributed by atoms with E-state index in [1.807, 2.05) is 54.6 Å². The van der Waals surface area contributed by atoms with E-state index < -0.39 is 0 Å². The first-order chi connectivity index (χ1) is 12.7. The van der Waals surface area contributed by atoms with Crippen LogP contribution in [0.2, 0.25) is 0 Å². The predicted octanol–water partition coefficient (Wildman–Crippen LogP) is 3.26. The number of hydrogen-bond donors (Lipinski definition) is 0. The Labute approximate surface area is 156 Å². The summed E-state index contributed by atoms with van der Waals surface area (Å²) in [6, 6.07) is 17.3. The fourth-order valence-electron chi connectivity index (χ4n) is 2.99. The maximum atomic E-state index is 13.0. The molecule has 6 heteroatoms. The highest BCUT2D eigenvalue weighted by atomic mass is 32.1. The van der Waals surface area contributed by atoms with E-state index in [-0.39, 0.29) is 17.6 Å². The summed E-state index contributed by atoms with van der Waals surface area (Å²) < 4.78 is 5.36. The van der Waals surface area contributed by atoms with Gasteiger partial charge in [-0.05, 0) is 23.8 Å². The number of allylic oxidation sites excluding steroid dienone is 1. The number of fused-ring (bicyclic) bond motifs is 1. The Morgan fingerprint density at radius 1 is 1.04 bits per heavy atom. The van der Waals surface area contributed by atoms with Crippen LogP contribution in [0.25, 0.3) is 5.57 Å². The second-order valence-electron chi connectivity index (χ2n) is 5.83. The number of ether oxygens (including phenoxy) is 1. The molecule has 0 saturated carbocycles. The molecule has 0 N–H and O–H groups in total. The van der Waals surface area contributed by atoms with Gasteiger partial charge in [-0.1, -0.05) is 48.5 Å². The van der Waals surface area contributed by atoms with Crippen molar-refractivity contribution in [2.24, 2.45) is 9.98 Å². The van der Waals surface area contributed by atoms with Crippen LogP contribution >= 0.6 is 12.2 Å². The summed E-state index contributed by atoms with van der Waals surface area (Å²) in [4.78, 5) is 23.2. The van der Waals surface area contributed by atoms with Crippen LogP contribution in [0.4, 0.5) is 0 Å². The molecule has 0 aliphatic carbocycles. The van der Waals surface area contributed by atoms with Gasteiger partial charge in [0.05, 0.1) is 13.7 Å². The van der Waals surface area contributed by atoms with Gasteiger partial charge in [0.25, 0.3) is 5.91 Å². The third-order valence-corrected chi connectivity index (χ3v) is 4.61. The monoisotopic (exact) mass is 361 g/mol. The lowest BCUT2D eigenvalue weighted by Gasteiger charge is -2.26. The Kier molecular flexibility index (Phi) is 4.18. The fourth-order valence-corrected chi connectivity index (χ4v) is 3.23. The smallest absolute Gasteiger partial charge is 0.281 e. The number of thiocarbonyl (C=S) groups is 1. The summed E-state index contributed by atoms with van der Waals surface area (Å²) in [5.41, 5.74) is 3.50. The number of carbonyl (C=O) groups excluding carboxylic acids is 1. The van der Waals surface area contributed by atoms with Gasteiger partial charge >= 0.3 is 0 Å². The van der Waals surface area contributed by atoms with Crippen LogP contribution in [0.3, 0.4) is 0 Å². The fraction of sp³-hybridized carbons (Fsp3) is 0.100. The quantitative estimate of drug-likeness (QED) is 0.786. The topological polar surface area (TPSA) is 54.3 Å². The third kappa shape index (κ3) is 2.74. The molecule has 2 aliphatic rings. The van der Waals surface area contributed by atoms with Crippen molar-refractivity contribution in [1.29, 1.82) is 0 Å². The van der Waals surface area contributed by atoms with Gasteiger partial charge in [-0.25, -0.2) is 9.98 Å². The molecule has 0 spiro atoms. The van der Waals surface area contributed by atoms with Gasteiger partial charge in [-0.2, -0.15) is 0 Å². The van der Waals surface area contributed by atoms with Gasteiger partial charge in [0.15, 0.2) is 5.71 Å². The lowest BCUT2D eigenvalue weighted by atomic mass is 9.99. The number of benzene rings is 2. The van der Waals surface area contributed by atoms with E-state index >= 15 is 0 Å². The zero-order valence-electron chi connectivity index (χ0n) is 14.0. The summed E-state index contributed by atoms with van der Waals surface area (Å²) in [5.74, 6) is 0.461. The van der Waals surface area contributed by atoms with Crippen molar-refractivity contribution in [3.63, 3.8) is 0 Å². The SMILES string of the molecule is COc1ccccc1CN1C(=O)C2=NC=C(c3ccccc3)C2=NC1=S. The molecule has 2 aromatic carbocycles. The van der Waals surface area contributed by atoms with Gasteiger partial charge in [0.1, 0.15) is 11.5 Å². The van der Waals surface area contributed by atoms with Crippen molar-refractivity contribution in [1.82, 2.24) is 4.90 Å². The molecule has 4 rings (SSSR count). The first kappa shape index (κ1) is 16.4. The predicted molar refractivity (Wildman–Crippen MR) is 105 cm³/mol. The van der Waals surface area contributed by atoms with Crippen LogP contribution < -0.4 is 4.74 Å². The minimum atomic E-state index is -0.243. The van der Waals surface area contributed by atoms with E-state index in [1.165, 1.54) is 4.90 Å². The highest BCUT2D eigenvalue weighted by Gasteiger charge is 2.36. The van der Waals surface area contributed by atoms with Crippen LogP contribution in [0.5, 0.6) is 5.75 Å². The Morgan fingerprint density at radius 2 is 1.77 bits per heavy atom. The van der Waals surface area contributed by atoms with E-state index in [1.54, 1.807) is 13.3 Å². The average molecular weight is 361 g/mol. The molecule has 0 bridgehead atoms. The largest absolute Gasteiger partial charge is 0.496 e. The van der Waals surface area contributed by atoms with Gasteiger partial charge in [-0.15, -0.1) is 0 Å². The molecule has 0 fully saturated rings. The van der Waals surface area contributed by atoms with Crippen molar-refractivity contribution >= 4 is 40.2 Å². The maximum Gasteiger partial charge on any atom is 0.281 e. The molecule has 0 radical (unpaired) electrons. The summed E-state index contributed by atoms with van der Waals surface area (Å²) >= 11 is 5.40. The maximum absolute atomic E-state index is 13.0. The van der Waals surface area contributed by atoms with Gasteiger partial charge in [-0.3, -0.25) is 9.69 Å². The lowest BCUT2D eigenvalue weighted by Crippen LogP contribution is -2.46. The van der Waals surface area contributed by atoms with Crippen LogP contribution in [-0.2, 0) is 11.3 Å². The van der Waals surface area contributed by atoms with Gasteiger partial charge in [0.2, 0.25) is 5.11 Å². The lowest BCUT2D eigenvalue weighted by molar-refractivity contribution is -0.120. The van der Waals surface area contributed by atoms with E-state index in [0.717, 1.165) is 16.7 Å². The van der Waals surface area contributed by atoms with Crippen LogP contribution in [0.15, 0.2) is 70.8 Å². The minimum absolute atomic E-state index is 0.235. The van der Waals surface area contributed by atoms with Crippen LogP contribution in [-0.4, -0.2) is 34.5 Å². The molecule has 0 unspecified atom stereocenters. The molecule has 5 nitrogen and oxygen atoms in total. The highest BCUT2D eigenvalue weighted by molar-refractivity contribution is 7.80. The average Bonchev–Trinajstić information content (AvgIpc) is 3.10. The number of amides is 1. The Hall–Kier alpha value is -3.12. The molecule has 26 heavy (non-hydrogen) atoms. The first-order valence-corrected chi connectivity index (χ1v) is 8.50. The molecule has 2 heterocycles. The molecular formula is C20H15N3O2S. The number of hydrogen-bond acceptors (Lipinski definition) is 4. The number of carbonyl (C=O) groups is 1. The van der Waals surface area contributed by atoms with Gasteiger partial charge in [0, 0.05) is 17.3 Å². The van der Waals surface area contributed by atoms with E-state index in [9.17, 15) is 4.79 Å². The minimum Gasteiger partial charge on any atom is -0.496 e. The summed E-state index contributed by atoms with van der Waals surface area (Å²) in [6.07, 6.45) is 1.68. The molecule has 2 aliphatic heterocycles. The van der Waals surface area contributed by atoms with Crippen LogP contribution in [0, 0.1) is 0 Å². The van der Waals surface area contributed by atoms with Crippen molar-refractivity contribution in [2.75, 3.05) is 7.11 Å². The molecule has 0 atom stereocenters. The van der Waals surface area contributed by atoms with Gasteiger partial charge < -0.3 is 4.74 Å². The van der Waals surface area contributed by atoms with Crippen molar-refractivity contribution in [3.8, 4) is 5.75 Å². The second-order valence-corrected chi connectivity index (χ2v) is 6.20. The Balaban J connectivity index is 1.65. The third-order valence-electron chi connectivity index (χ3n) is 4.29.